The van der Waals surface area contributed by atoms with Gasteiger partial charge in [-0.2, -0.15) is 0 Å². The van der Waals surface area contributed by atoms with Gasteiger partial charge in [-0.3, -0.25) is 9.36 Å². The highest BCUT2D eigenvalue weighted by Gasteiger charge is 2.24. The number of likely N-dealkylation sites (N-methyl/N-ethyl adjacent to an activating group) is 1. The molecule has 5 nitrogen and oxygen atoms in total. The number of hydrogen-bond donors (Lipinski definition) is 0. The van der Waals surface area contributed by atoms with Crippen LogP contribution in [0.5, 0.6) is 0 Å². The van der Waals surface area contributed by atoms with Gasteiger partial charge in [-0.05, 0) is 43.3 Å². The van der Waals surface area contributed by atoms with Crippen LogP contribution in [0.15, 0.2) is 34.2 Å². The Morgan fingerprint density at radius 3 is 2.85 bits per heavy atom. The summed E-state index contributed by atoms with van der Waals surface area (Å²) in [5, 5.41) is 2.11. The largest absolute Gasteiger partial charge is 0.384 e. The van der Waals surface area contributed by atoms with Crippen molar-refractivity contribution in [3.05, 3.63) is 50.1 Å². The summed E-state index contributed by atoms with van der Waals surface area (Å²) >= 11 is 9.22. The van der Waals surface area contributed by atoms with Gasteiger partial charge in [-0.15, -0.1) is 11.3 Å². The highest BCUT2D eigenvalue weighted by atomic mass is 35.5. The van der Waals surface area contributed by atoms with Gasteiger partial charge in [0.25, 0.3) is 5.56 Å². The molecule has 27 heavy (non-hydrogen) atoms. The molecule has 0 bridgehead atoms. The number of aromatic nitrogens is 2. The summed E-state index contributed by atoms with van der Waals surface area (Å²) in [6.45, 7) is 2.44. The Morgan fingerprint density at radius 1 is 1.33 bits per heavy atom. The van der Waals surface area contributed by atoms with Gasteiger partial charge in [-0.1, -0.05) is 23.4 Å². The molecule has 0 saturated heterocycles. The molecule has 2 aromatic heterocycles. The summed E-state index contributed by atoms with van der Waals surface area (Å²) in [6.07, 6.45) is 0.888. The number of rotatable bonds is 5. The lowest BCUT2D eigenvalue weighted by Gasteiger charge is -2.21. The maximum atomic E-state index is 13.5. The minimum absolute atomic E-state index is 0.00397. The van der Waals surface area contributed by atoms with Crippen molar-refractivity contribution in [1.29, 1.82) is 0 Å². The van der Waals surface area contributed by atoms with E-state index in [0.29, 0.717) is 16.8 Å². The van der Waals surface area contributed by atoms with E-state index in [9.17, 15) is 4.79 Å². The highest BCUT2D eigenvalue weighted by Crippen LogP contribution is 2.34. The average molecular weight is 422 g/mol. The molecule has 0 spiro atoms. The van der Waals surface area contributed by atoms with Crippen molar-refractivity contribution in [2.45, 2.75) is 18.1 Å². The molecule has 0 saturated carbocycles. The third kappa shape index (κ3) is 3.67. The van der Waals surface area contributed by atoms with Crippen LogP contribution in [0, 0.1) is 0 Å². The molecule has 0 radical (unpaired) electrons. The fourth-order valence-electron chi connectivity index (χ4n) is 3.28. The maximum absolute atomic E-state index is 13.5. The monoisotopic (exact) mass is 421 g/mol. The van der Waals surface area contributed by atoms with E-state index in [0.717, 1.165) is 41.2 Å². The zero-order valence-electron chi connectivity index (χ0n) is 15.2. The second-order valence-electron chi connectivity index (χ2n) is 6.52. The van der Waals surface area contributed by atoms with Gasteiger partial charge in [-0.25, -0.2) is 4.98 Å². The summed E-state index contributed by atoms with van der Waals surface area (Å²) < 4.78 is 6.88. The van der Waals surface area contributed by atoms with Gasteiger partial charge in [0.15, 0.2) is 5.16 Å². The Balaban J connectivity index is 1.92. The van der Waals surface area contributed by atoms with Crippen LogP contribution in [0.2, 0.25) is 5.02 Å². The normalized spacial score (nSPS) is 14.6. The van der Waals surface area contributed by atoms with Crippen LogP contribution >= 0.6 is 34.7 Å². The minimum Gasteiger partial charge on any atom is -0.384 e. The standard InChI is InChI=1S/C19H20ClN3O2S2/c1-22-8-7-14-15(11-22)27-17-16(14)18(24)23(13-5-3-12(20)4-6-13)19(21-17)26-10-9-25-2/h3-6H,7-11H2,1-2H3. The lowest BCUT2D eigenvalue weighted by atomic mass is 10.1. The van der Waals surface area contributed by atoms with Crippen LogP contribution < -0.4 is 5.56 Å². The number of benzene rings is 1. The molecule has 8 heteroatoms. The van der Waals surface area contributed by atoms with Crippen molar-refractivity contribution in [2.24, 2.45) is 0 Å². The Kier molecular flexibility index (Phi) is 5.57. The quantitative estimate of drug-likeness (QED) is 0.356. The van der Waals surface area contributed by atoms with Gasteiger partial charge < -0.3 is 9.64 Å². The molecule has 0 fully saturated rings. The van der Waals surface area contributed by atoms with E-state index in [1.807, 2.05) is 12.1 Å². The van der Waals surface area contributed by atoms with Crippen molar-refractivity contribution in [3.8, 4) is 5.69 Å². The fourth-order valence-corrected chi connectivity index (χ4v) is 5.66. The van der Waals surface area contributed by atoms with Gasteiger partial charge in [0.1, 0.15) is 4.83 Å². The molecule has 1 aromatic carbocycles. The molecular formula is C19H20ClN3O2S2. The van der Waals surface area contributed by atoms with Crippen molar-refractivity contribution < 1.29 is 4.74 Å². The average Bonchev–Trinajstić information content (AvgIpc) is 3.00. The number of nitrogens with zero attached hydrogens (tertiary/aromatic N) is 3. The molecule has 3 heterocycles. The SMILES string of the molecule is COCCSc1nc2sc3c(c2c(=O)n1-c1ccc(Cl)cc1)CCN(C)C3. The fraction of sp³-hybridized carbons (Fsp3) is 0.368. The van der Waals surface area contributed by atoms with Crippen molar-refractivity contribution in [2.75, 3.05) is 33.1 Å². The van der Waals surface area contributed by atoms with Crippen LogP contribution in [0.4, 0.5) is 0 Å². The predicted octanol–water partition coefficient (Wildman–Crippen LogP) is 3.83. The molecular weight excluding hydrogens is 402 g/mol. The van der Waals surface area contributed by atoms with Crippen LogP contribution in [0.25, 0.3) is 15.9 Å². The number of hydrogen-bond acceptors (Lipinski definition) is 6. The van der Waals surface area contributed by atoms with E-state index >= 15 is 0 Å². The topological polar surface area (TPSA) is 47.4 Å². The molecule has 1 aliphatic rings. The minimum atomic E-state index is 0.00397. The first-order valence-corrected chi connectivity index (χ1v) is 10.9. The predicted molar refractivity (Wildman–Crippen MR) is 113 cm³/mol. The molecule has 0 aliphatic carbocycles. The number of methoxy groups -OCH3 is 1. The Bertz CT molecular complexity index is 1030. The van der Waals surface area contributed by atoms with E-state index in [2.05, 4.69) is 11.9 Å². The lowest BCUT2D eigenvalue weighted by Crippen LogP contribution is -2.27. The molecule has 1 aliphatic heterocycles. The van der Waals surface area contributed by atoms with Gasteiger partial charge in [0.05, 0.1) is 17.7 Å². The zero-order valence-corrected chi connectivity index (χ0v) is 17.6. The summed E-state index contributed by atoms with van der Waals surface area (Å²) in [5.74, 6) is 0.732. The first-order chi connectivity index (χ1) is 13.1. The first kappa shape index (κ1) is 19.0. The molecule has 3 aromatic rings. The van der Waals surface area contributed by atoms with Crippen molar-refractivity contribution in [3.63, 3.8) is 0 Å². The summed E-state index contributed by atoms with van der Waals surface area (Å²) in [4.78, 5) is 22.8. The Morgan fingerprint density at radius 2 is 2.11 bits per heavy atom. The first-order valence-electron chi connectivity index (χ1n) is 8.72. The lowest BCUT2D eigenvalue weighted by molar-refractivity contribution is 0.218. The maximum Gasteiger partial charge on any atom is 0.267 e. The number of thioether (sulfide) groups is 1. The summed E-state index contributed by atoms with van der Waals surface area (Å²) in [7, 11) is 3.78. The summed E-state index contributed by atoms with van der Waals surface area (Å²) in [6, 6.07) is 7.33. The van der Waals surface area contributed by atoms with Crippen LogP contribution in [0.3, 0.4) is 0 Å². The van der Waals surface area contributed by atoms with E-state index in [1.54, 1.807) is 35.1 Å². The van der Waals surface area contributed by atoms with Crippen molar-refractivity contribution in [1.82, 2.24) is 14.5 Å². The van der Waals surface area contributed by atoms with E-state index in [-0.39, 0.29) is 5.56 Å². The van der Waals surface area contributed by atoms with E-state index in [4.69, 9.17) is 21.3 Å². The second-order valence-corrected chi connectivity index (χ2v) is 9.11. The number of ether oxygens (including phenoxy) is 1. The third-order valence-electron chi connectivity index (χ3n) is 4.64. The number of halogens is 1. The molecule has 4 rings (SSSR count). The Labute approximate surface area is 170 Å². The highest BCUT2D eigenvalue weighted by molar-refractivity contribution is 7.99. The molecule has 0 N–H and O–H groups in total. The third-order valence-corrected chi connectivity index (χ3v) is 6.90. The van der Waals surface area contributed by atoms with Gasteiger partial charge in [0, 0.05) is 35.9 Å². The molecule has 142 valence electrons. The van der Waals surface area contributed by atoms with E-state index in [1.165, 1.54) is 22.2 Å². The molecule has 0 atom stereocenters. The van der Waals surface area contributed by atoms with Gasteiger partial charge in [0.2, 0.25) is 0 Å². The summed E-state index contributed by atoms with van der Waals surface area (Å²) in [5.41, 5.74) is 1.96. The Hall–Kier alpha value is -1.38. The van der Waals surface area contributed by atoms with E-state index < -0.39 is 0 Å². The van der Waals surface area contributed by atoms with Crippen LogP contribution in [-0.2, 0) is 17.7 Å². The van der Waals surface area contributed by atoms with Crippen LogP contribution in [-0.4, -0.2) is 47.5 Å². The van der Waals surface area contributed by atoms with Gasteiger partial charge >= 0.3 is 0 Å². The molecule has 0 amide bonds. The number of fused-ring (bicyclic) bond motifs is 3. The van der Waals surface area contributed by atoms with Crippen LogP contribution in [0.1, 0.15) is 10.4 Å². The molecule has 0 unspecified atom stereocenters. The van der Waals surface area contributed by atoms with Crippen molar-refractivity contribution >= 4 is 44.9 Å². The second kappa shape index (κ2) is 7.93. The smallest absolute Gasteiger partial charge is 0.267 e. The number of thiophene rings is 1. The zero-order chi connectivity index (χ0) is 19.0.